The minimum atomic E-state index is 0.481. The molecule has 3 aromatic rings. The molecular formula is C21H18Br2ClNO. The van der Waals surface area contributed by atoms with E-state index in [1.807, 2.05) is 30.3 Å². The molecule has 26 heavy (non-hydrogen) atoms. The fourth-order valence-electron chi connectivity index (χ4n) is 2.51. The largest absolute Gasteiger partial charge is 0.487 e. The van der Waals surface area contributed by atoms with E-state index in [0.29, 0.717) is 13.2 Å². The van der Waals surface area contributed by atoms with Crippen molar-refractivity contribution >= 4 is 49.1 Å². The molecule has 2 nitrogen and oxygen atoms in total. The second kappa shape index (κ2) is 8.94. The number of aryl methyl sites for hydroxylation is 1. The van der Waals surface area contributed by atoms with Gasteiger partial charge in [0.1, 0.15) is 12.4 Å². The average molecular weight is 496 g/mol. The van der Waals surface area contributed by atoms with Crippen LogP contribution in [0.3, 0.4) is 0 Å². The van der Waals surface area contributed by atoms with Gasteiger partial charge in [0.2, 0.25) is 0 Å². The maximum absolute atomic E-state index is 6.11. The number of hydrogen-bond acceptors (Lipinski definition) is 2. The zero-order chi connectivity index (χ0) is 18.5. The quantitative estimate of drug-likeness (QED) is 0.386. The summed E-state index contributed by atoms with van der Waals surface area (Å²) >= 11 is 13.1. The highest BCUT2D eigenvalue weighted by molar-refractivity contribution is 9.11. The first kappa shape index (κ1) is 19.3. The van der Waals surface area contributed by atoms with E-state index >= 15 is 0 Å². The number of nitrogens with one attached hydrogen (secondary N) is 1. The molecule has 134 valence electrons. The summed E-state index contributed by atoms with van der Waals surface area (Å²) in [4.78, 5) is 0. The van der Waals surface area contributed by atoms with Crippen molar-refractivity contribution < 1.29 is 4.74 Å². The monoisotopic (exact) mass is 493 g/mol. The van der Waals surface area contributed by atoms with Gasteiger partial charge in [-0.05, 0) is 64.8 Å². The van der Waals surface area contributed by atoms with Crippen LogP contribution in [0.1, 0.15) is 16.7 Å². The molecule has 0 bridgehead atoms. The molecule has 0 atom stereocenters. The third kappa shape index (κ3) is 5.26. The molecule has 0 aliphatic heterocycles. The predicted molar refractivity (Wildman–Crippen MR) is 116 cm³/mol. The summed E-state index contributed by atoms with van der Waals surface area (Å²) in [5.41, 5.74) is 4.46. The van der Waals surface area contributed by atoms with Gasteiger partial charge in [-0.1, -0.05) is 57.4 Å². The van der Waals surface area contributed by atoms with Crippen molar-refractivity contribution in [2.24, 2.45) is 0 Å². The fraction of sp³-hybridized carbons (Fsp3) is 0.143. The molecule has 0 fully saturated rings. The van der Waals surface area contributed by atoms with Crippen molar-refractivity contribution in [3.8, 4) is 5.75 Å². The molecule has 3 rings (SSSR count). The summed E-state index contributed by atoms with van der Waals surface area (Å²) in [5.74, 6) is 0.836. The zero-order valence-corrected chi connectivity index (χ0v) is 18.2. The zero-order valence-electron chi connectivity index (χ0n) is 14.2. The molecule has 0 spiro atoms. The molecule has 0 aliphatic carbocycles. The van der Waals surface area contributed by atoms with Crippen LogP contribution in [-0.2, 0) is 13.2 Å². The van der Waals surface area contributed by atoms with Crippen LogP contribution in [0.15, 0.2) is 69.6 Å². The lowest BCUT2D eigenvalue weighted by Crippen LogP contribution is -2.04. The Kier molecular flexibility index (Phi) is 6.63. The van der Waals surface area contributed by atoms with E-state index in [1.165, 1.54) is 5.56 Å². The van der Waals surface area contributed by atoms with E-state index in [2.05, 4.69) is 74.4 Å². The summed E-state index contributed by atoms with van der Waals surface area (Å²) in [6.45, 7) is 3.23. The lowest BCUT2D eigenvalue weighted by Gasteiger charge is -2.15. The predicted octanol–water partition coefficient (Wildman–Crippen LogP) is 7.36. The Morgan fingerprint density at radius 2 is 1.65 bits per heavy atom. The van der Waals surface area contributed by atoms with Gasteiger partial charge < -0.3 is 10.1 Å². The Hall–Kier alpha value is -1.49. The second-order valence-electron chi connectivity index (χ2n) is 6.01. The smallest absolute Gasteiger partial charge is 0.139 e. The van der Waals surface area contributed by atoms with Gasteiger partial charge in [-0.25, -0.2) is 0 Å². The Morgan fingerprint density at radius 3 is 2.35 bits per heavy atom. The molecule has 0 amide bonds. The average Bonchev–Trinajstić information content (AvgIpc) is 2.62. The van der Waals surface area contributed by atoms with Crippen LogP contribution in [-0.4, -0.2) is 0 Å². The topological polar surface area (TPSA) is 21.3 Å². The van der Waals surface area contributed by atoms with E-state index in [1.54, 1.807) is 0 Å². The lowest BCUT2D eigenvalue weighted by molar-refractivity contribution is 0.301. The number of rotatable bonds is 6. The van der Waals surface area contributed by atoms with Crippen molar-refractivity contribution in [3.05, 3.63) is 91.3 Å². The second-order valence-corrected chi connectivity index (χ2v) is 8.22. The molecular weight excluding hydrogens is 477 g/mol. The number of halogens is 3. The van der Waals surface area contributed by atoms with Crippen LogP contribution in [0.2, 0.25) is 5.02 Å². The molecule has 0 aliphatic rings. The SMILES string of the molecule is Cc1ccc(NCc2cc(Br)cc(Br)c2OCc2ccc(Cl)cc2)cc1. The summed E-state index contributed by atoms with van der Waals surface area (Å²) in [7, 11) is 0. The highest BCUT2D eigenvalue weighted by Crippen LogP contribution is 2.34. The summed E-state index contributed by atoms with van der Waals surface area (Å²) in [6.07, 6.45) is 0. The maximum Gasteiger partial charge on any atom is 0.139 e. The van der Waals surface area contributed by atoms with Gasteiger partial charge in [-0.15, -0.1) is 0 Å². The molecule has 0 unspecified atom stereocenters. The van der Waals surface area contributed by atoms with Gasteiger partial charge in [-0.3, -0.25) is 0 Å². The van der Waals surface area contributed by atoms with Gasteiger partial charge in [0.05, 0.1) is 4.47 Å². The van der Waals surface area contributed by atoms with Crippen LogP contribution < -0.4 is 10.1 Å². The Morgan fingerprint density at radius 1 is 0.962 bits per heavy atom. The van der Waals surface area contributed by atoms with Crippen LogP contribution in [0.25, 0.3) is 0 Å². The van der Waals surface area contributed by atoms with Crippen LogP contribution in [0.5, 0.6) is 5.75 Å². The van der Waals surface area contributed by atoms with Crippen LogP contribution >= 0.6 is 43.5 Å². The molecule has 5 heteroatoms. The number of hydrogen-bond donors (Lipinski definition) is 1. The highest BCUT2D eigenvalue weighted by atomic mass is 79.9. The van der Waals surface area contributed by atoms with E-state index in [9.17, 15) is 0 Å². The van der Waals surface area contributed by atoms with Crippen molar-refractivity contribution in [1.29, 1.82) is 0 Å². The third-order valence-electron chi connectivity index (χ3n) is 3.92. The number of benzene rings is 3. The normalized spacial score (nSPS) is 10.6. The Bertz CT molecular complexity index is 880. The summed E-state index contributed by atoms with van der Waals surface area (Å²) in [6, 6.07) is 20.1. The number of anilines is 1. The van der Waals surface area contributed by atoms with E-state index in [4.69, 9.17) is 16.3 Å². The van der Waals surface area contributed by atoms with Crippen LogP contribution in [0, 0.1) is 6.92 Å². The molecule has 0 aromatic heterocycles. The minimum absolute atomic E-state index is 0.481. The van der Waals surface area contributed by atoms with Gasteiger partial charge in [0, 0.05) is 27.3 Å². The first-order valence-electron chi connectivity index (χ1n) is 8.17. The van der Waals surface area contributed by atoms with E-state index < -0.39 is 0 Å². The van der Waals surface area contributed by atoms with Crippen molar-refractivity contribution in [2.75, 3.05) is 5.32 Å². The van der Waals surface area contributed by atoms with Crippen LogP contribution in [0.4, 0.5) is 5.69 Å². The number of ether oxygens (including phenoxy) is 1. The molecule has 0 saturated heterocycles. The third-order valence-corrected chi connectivity index (χ3v) is 5.22. The molecule has 0 radical (unpaired) electrons. The molecule has 3 aromatic carbocycles. The Labute approximate surface area is 175 Å². The molecule has 0 saturated carbocycles. The summed E-state index contributed by atoms with van der Waals surface area (Å²) in [5, 5.41) is 4.17. The fourth-order valence-corrected chi connectivity index (χ4v) is 4.07. The van der Waals surface area contributed by atoms with E-state index in [0.717, 1.165) is 36.5 Å². The molecule has 0 heterocycles. The van der Waals surface area contributed by atoms with Crippen molar-refractivity contribution in [1.82, 2.24) is 0 Å². The van der Waals surface area contributed by atoms with Crippen molar-refractivity contribution in [3.63, 3.8) is 0 Å². The first-order chi connectivity index (χ1) is 12.5. The van der Waals surface area contributed by atoms with Crippen molar-refractivity contribution in [2.45, 2.75) is 20.1 Å². The van der Waals surface area contributed by atoms with E-state index in [-0.39, 0.29) is 0 Å². The summed E-state index contributed by atoms with van der Waals surface area (Å²) < 4.78 is 8.03. The lowest BCUT2D eigenvalue weighted by atomic mass is 10.1. The van der Waals surface area contributed by atoms with Gasteiger partial charge in [-0.2, -0.15) is 0 Å². The highest BCUT2D eigenvalue weighted by Gasteiger charge is 2.11. The minimum Gasteiger partial charge on any atom is -0.487 e. The molecule has 1 N–H and O–H groups in total. The standard InChI is InChI=1S/C21H18Br2ClNO/c1-14-2-8-19(9-3-14)25-12-16-10-17(22)11-20(23)21(16)26-13-15-4-6-18(24)7-5-15/h2-11,25H,12-13H2,1H3. The Balaban J connectivity index is 1.75. The van der Waals surface area contributed by atoms with Gasteiger partial charge in [0.15, 0.2) is 0 Å². The first-order valence-corrected chi connectivity index (χ1v) is 10.1. The van der Waals surface area contributed by atoms with Gasteiger partial charge in [0.25, 0.3) is 0 Å². The maximum atomic E-state index is 6.11. The van der Waals surface area contributed by atoms with Gasteiger partial charge >= 0.3 is 0 Å².